The summed E-state index contributed by atoms with van der Waals surface area (Å²) in [5.41, 5.74) is 17.5. The van der Waals surface area contributed by atoms with Crippen LogP contribution in [0.3, 0.4) is 0 Å². The Balaban J connectivity index is 2.16. The molecule has 0 unspecified atom stereocenters. The van der Waals surface area contributed by atoms with Crippen LogP contribution in [-0.4, -0.2) is 55.5 Å². The first-order valence-electron chi connectivity index (χ1n) is 6.56. The summed E-state index contributed by atoms with van der Waals surface area (Å²) in [7, 11) is 0. The summed E-state index contributed by atoms with van der Waals surface area (Å²) in [6, 6.07) is -0.815. The molecule has 1 amide bonds. The van der Waals surface area contributed by atoms with Crippen LogP contribution in [0.15, 0.2) is 12.5 Å². The number of fused-ring (bicyclic) bond motifs is 1. The lowest BCUT2D eigenvalue weighted by molar-refractivity contribution is -0.0435. The van der Waals surface area contributed by atoms with Crippen LogP contribution in [0.1, 0.15) is 16.6 Å². The summed E-state index contributed by atoms with van der Waals surface area (Å²) in [5.74, 6) is -0.598. The molecule has 22 heavy (non-hydrogen) atoms. The third kappa shape index (κ3) is 2.01. The number of nitrogen functional groups attached to an aromatic ring is 1. The van der Waals surface area contributed by atoms with Gasteiger partial charge in [0.05, 0.1) is 23.6 Å². The van der Waals surface area contributed by atoms with Gasteiger partial charge in [-0.25, -0.2) is 9.97 Å². The molecular weight excluding hydrogens is 292 g/mol. The number of primary amides is 1. The maximum Gasteiger partial charge on any atom is 0.251 e. The zero-order valence-electron chi connectivity index (χ0n) is 11.5. The van der Waals surface area contributed by atoms with E-state index in [9.17, 15) is 15.0 Å². The lowest BCUT2D eigenvalue weighted by atomic mass is 10.1. The van der Waals surface area contributed by atoms with Crippen molar-refractivity contribution in [1.82, 2.24) is 14.5 Å². The average molecular weight is 308 g/mol. The number of aliphatic hydroxyl groups excluding tert-OH is 2. The van der Waals surface area contributed by atoms with E-state index in [0.717, 1.165) is 0 Å². The van der Waals surface area contributed by atoms with Crippen molar-refractivity contribution >= 4 is 22.8 Å². The SMILES string of the molecule is NC(=O)c1cn([C@@H]2O[C@H](CO)[C@@H](O)[C@H]2N)c2ncnc(N)c12. The molecule has 2 aromatic heterocycles. The van der Waals surface area contributed by atoms with Crippen LogP contribution in [0.25, 0.3) is 11.0 Å². The number of rotatable bonds is 3. The number of ether oxygens (including phenoxy) is 1. The molecule has 0 aromatic carbocycles. The number of anilines is 1. The van der Waals surface area contributed by atoms with E-state index in [0.29, 0.717) is 11.0 Å². The zero-order valence-corrected chi connectivity index (χ0v) is 11.5. The first-order chi connectivity index (χ1) is 10.5. The summed E-state index contributed by atoms with van der Waals surface area (Å²) in [6.07, 6.45) is -0.0524. The Morgan fingerprint density at radius 3 is 2.77 bits per heavy atom. The van der Waals surface area contributed by atoms with Gasteiger partial charge in [-0.15, -0.1) is 0 Å². The predicted molar refractivity (Wildman–Crippen MR) is 75.4 cm³/mol. The quantitative estimate of drug-likeness (QED) is 0.420. The first kappa shape index (κ1) is 14.7. The second-order valence-corrected chi connectivity index (χ2v) is 5.09. The Labute approximate surface area is 124 Å². The lowest BCUT2D eigenvalue weighted by Gasteiger charge is -2.18. The Morgan fingerprint density at radius 1 is 1.45 bits per heavy atom. The Bertz CT molecular complexity index is 732. The van der Waals surface area contributed by atoms with E-state index in [1.807, 2.05) is 0 Å². The van der Waals surface area contributed by atoms with Gasteiger partial charge >= 0.3 is 0 Å². The smallest absolute Gasteiger partial charge is 0.251 e. The fourth-order valence-electron chi connectivity index (χ4n) is 2.66. The summed E-state index contributed by atoms with van der Waals surface area (Å²) < 4.78 is 7.02. The molecule has 0 spiro atoms. The van der Waals surface area contributed by atoms with E-state index in [1.165, 1.54) is 17.1 Å². The number of nitrogens with two attached hydrogens (primary N) is 3. The third-order valence-corrected chi connectivity index (χ3v) is 3.78. The van der Waals surface area contributed by atoms with Gasteiger partial charge in [-0.2, -0.15) is 0 Å². The van der Waals surface area contributed by atoms with Gasteiger partial charge in [0.2, 0.25) is 0 Å². The molecule has 1 saturated heterocycles. The van der Waals surface area contributed by atoms with E-state index in [2.05, 4.69) is 9.97 Å². The highest BCUT2D eigenvalue weighted by Gasteiger charge is 2.43. The van der Waals surface area contributed by atoms with Gasteiger partial charge in [-0.05, 0) is 0 Å². The van der Waals surface area contributed by atoms with Crippen LogP contribution in [0.4, 0.5) is 5.82 Å². The van der Waals surface area contributed by atoms with Crippen molar-refractivity contribution in [3.8, 4) is 0 Å². The van der Waals surface area contributed by atoms with Crippen LogP contribution in [-0.2, 0) is 4.74 Å². The molecule has 3 rings (SSSR count). The molecule has 3 heterocycles. The first-order valence-corrected chi connectivity index (χ1v) is 6.56. The van der Waals surface area contributed by atoms with Crippen molar-refractivity contribution in [1.29, 1.82) is 0 Å². The summed E-state index contributed by atoms with van der Waals surface area (Å²) in [4.78, 5) is 19.5. The maximum atomic E-state index is 11.6. The Morgan fingerprint density at radius 2 is 2.18 bits per heavy atom. The van der Waals surface area contributed by atoms with E-state index >= 15 is 0 Å². The third-order valence-electron chi connectivity index (χ3n) is 3.78. The van der Waals surface area contributed by atoms with Gasteiger partial charge in [0.25, 0.3) is 5.91 Å². The molecule has 10 nitrogen and oxygen atoms in total. The van der Waals surface area contributed by atoms with E-state index < -0.39 is 30.4 Å². The summed E-state index contributed by atoms with van der Waals surface area (Å²) in [6.45, 7) is -0.385. The van der Waals surface area contributed by atoms with Crippen LogP contribution in [0.2, 0.25) is 0 Å². The molecule has 0 radical (unpaired) electrons. The van der Waals surface area contributed by atoms with Gasteiger partial charge in [0.1, 0.15) is 30.0 Å². The molecule has 1 fully saturated rings. The van der Waals surface area contributed by atoms with Gasteiger partial charge in [-0.3, -0.25) is 4.79 Å². The molecule has 0 aliphatic carbocycles. The van der Waals surface area contributed by atoms with Crippen LogP contribution >= 0.6 is 0 Å². The van der Waals surface area contributed by atoms with Crippen molar-refractivity contribution in [2.75, 3.05) is 12.3 Å². The molecule has 118 valence electrons. The molecule has 0 bridgehead atoms. The van der Waals surface area contributed by atoms with Gasteiger partial charge in [-0.1, -0.05) is 0 Å². The topological polar surface area (TPSA) is 176 Å². The average Bonchev–Trinajstić information content (AvgIpc) is 3.00. The number of amides is 1. The second-order valence-electron chi connectivity index (χ2n) is 5.09. The molecular formula is C12H16N6O4. The minimum atomic E-state index is -1.05. The minimum Gasteiger partial charge on any atom is -0.394 e. The molecule has 1 aliphatic rings. The van der Waals surface area contributed by atoms with Gasteiger partial charge in [0.15, 0.2) is 6.23 Å². The standard InChI is InChI=1S/C12H16N6O4/c13-7-8(20)5(2-19)22-12(7)18-1-4(10(15)21)6-9(14)16-3-17-11(6)18/h1,3,5,7-8,12,19-20H,2,13H2,(H2,15,21)(H2,14,16,17)/t5-,7-,8-,12-/m1/s1. The van der Waals surface area contributed by atoms with E-state index in [4.69, 9.17) is 21.9 Å². The number of nitrogens with zero attached hydrogens (tertiary/aromatic N) is 3. The lowest BCUT2D eigenvalue weighted by Crippen LogP contribution is -2.39. The van der Waals surface area contributed by atoms with Crippen LogP contribution in [0, 0.1) is 0 Å². The van der Waals surface area contributed by atoms with E-state index in [-0.39, 0.29) is 18.0 Å². The van der Waals surface area contributed by atoms with Gasteiger partial charge in [0, 0.05) is 6.20 Å². The number of aliphatic hydroxyl groups is 2. The highest BCUT2D eigenvalue weighted by Crippen LogP contribution is 2.33. The Hall–Kier alpha value is -2.27. The minimum absolute atomic E-state index is 0.100. The predicted octanol–water partition coefficient (Wildman–Crippen LogP) is -2.31. The largest absolute Gasteiger partial charge is 0.394 e. The van der Waals surface area contributed by atoms with Crippen LogP contribution < -0.4 is 17.2 Å². The zero-order chi connectivity index (χ0) is 16.0. The summed E-state index contributed by atoms with van der Waals surface area (Å²) in [5, 5.41) is 19.5. The van der Waals surface area contributed by atoms with E-state index in [1.54, 1.807) is 0 Å². The molecule has 8 N–H and O–H groups in total. The highest BCUT2D eigenvalue weighted by atomic mass is 16.5. The van der Waals surface area contributed by atoms with Crippen molar-refractivity contribution in [2.45, 2.75) is 24.5 Å². The molecule has 1 aliphatic heterocycles. The second kappa shape index (κ2) is 5.18. The molecule has 10 heteroatoms. The van der Waals surface area contributed by atoms with Crippen molar-refractivity contribution in [2.24, 2.45) is 11.5 Å². The fraction of sp³-hybridized carbons (Fsp3) is 0.417. The van der Waals surface area contributed by atoms with Crippen LogP contribution in [0.5, 0.6) is 0 Å². The maximum absolute atomic E-state index is 11.6. The Kier molecular flexibility index (Phi) is 3.45. The van der Waals surface area contributed by atoms with Crippen molar-refractivity contribution in [3.05, 3.63) is 18.1 Å². The fourth-order valence-corrected chi connectivity index (χ4v) is 2.66. The molecule has 4 atom stereocenters. The number of aromatic nitrogens is 3. The number of carbonyl (C=O) groups is 1. The van der Waals surface area contributed by atoms with Crippen molar-refractivity contribution < 1.29 is 19.7 Å². The molecule has 0 saturated carbocycles. The van der Waals surface area contributed by atoms with Crippen molar-refractivity contribution in [3.63, 3.8) is 0 Å². The number of hydrogen-bond acceptors (Lipinski definition) is 8. The van der Waals surface area contributed by atoms with Gasteiger partial charge < -0.3 is 36.7 Å². The number of hydrogen-bond donors (Lipinski definition) is 5. The number of carbonyl (C=O) groups excluding carboxylic acids is 1. The molecule has 2 aromatic rings. The monoisotopic (exact) mass is 308 g/mol. The normalized spacial score (nSPS) is 28.3. The summed E-state index contributed by atoms with van der Waals surface area (Å²) >= 11 is 0. The highest BCUT2D eigenvalue weighted by molar-refractivity contribution is 6.08.